The van der Waals surface area contributed by atoms with Crippen LogP contribution in [0.4, 0.5) is 9.39 Å². The summed E-state index contributed by atoms with van der Waals surface area (Å²) >= 11 is 24.1. The summed E-state index contributed by atoms with van der Waals surface area (Å²) in [7, 11) is 0. The molecule has 2 rings (SSSR count). The molecule has 1 aromatic heterocycles. The van der Waals surface area contributed by atoms with Crippen molar-refractivity contribution in [1.29, 1.82) is 0 Å². The number of ether oxygens (including phenoxy) is 1. The lowest BCUT2D eigenvalue weighted by molar-refractivity contribution is -0.122. The van der Waals surface area contributed by atoms with Crippen molar-refractivity contribution in [3.8, 4) is 0 Å². The number of thiocarbonyl (C=S) groups is 1. The third-order valence-electron chi connectivity index (χ3n) is 3.91. The van der Waals surface area contributed by atoms with Gasteiger partial charge < -0.3 is 20.7 Å². The summed E-state index contributed by atoms with van der Waals surface area (Å²) in [6.45, 7) is 0.703. The Labute approximate surface area is 186 Å². The van der Waals surface area contributed by atoms with Gasteiger partial charge in [-0.25, -0.2) is 9.18 Å². The molecular weight excluding hydrogens is 472 g/mol. The van der Waals surface area contributed by atoms with Gasteiger partial charge in [0.05, 0.1) is 12.2 Å². The Morgan fingerprint density at radius 3 is 2.57 bits per heavy atom. The maximum absolute atomic E-state index is 12.5. The van der Waals surface area contributed by atoms with Gasteiger partial charge in [0.25, 0.3) is 5.91 Å². The summed E-state index contributed by atoms with van der Waals surface area (Å²) in [5, 5.41) is 8.26. The van der Waals surface area contributed by atoms with Gasteiger partial charge in [0.1, 0.15) is 11.2 Å². The van der Waals surface area contributed by atoms with E-state index in [0.717, 1.165) is 36.1 Å². The van der Waals surface area contributed by atoms with E-state index >= 15 is 0 Å². The Morgan fingerprint density at radius 2 is 1.96 bits per heavy atom. The topological polar surface area (TPSA) is 79.5 Å². The summed E-state index contributed by atoms with van der Waals surface area (Å²) in [4.78, 5) is 24.9. The number of amides is 1. The molecule has 0 bridgehead atoms. The SMILES string of the molecule is CCOC(=O)c1c(NC(=S)N[C@@H](NC(=O)CF)C(Cl)(Cl)Cl)sc2c1CCCC2. The first-order chi connectivity index (χ1) is 13.2. The summed E-state index contributed by atoms with van der Waals surface area (Å²) < 4.78 is 15.7. The highest BCUT2D eigenvalue weighted by molar-refractivity contribution is 7.80. The number of alkyl halides is 4. The molecule has 0 aromatic carbocycles. The minimum atomic E-state index is -1.99. The standard InChI is InChI=1S/C16H19Cl3FN3O3S2/c1-2-26-13(25)11-8-5-3-4-6-9(8)28-12(11)22-15(27)23-14(16(17,18)19)21-10(24)7-20/h14H,2-7H2,1H3,(H,21,24)(H2,22,23,27)/t14-/m1/s1. The minimum Gasteiger partial charge on any atom is -0.462 e. The Kier molecular flexibility index (Phi) is 8.57. The van der Waals surface area contributed by atoms with Gasteiger partial charge in [-0.1, -0.05) is 34.8 Å². The van der Waals surface area contributed by atoms with E-state index in [2.05, 4.69) is 16.0 Å². The fourth-order valence-electron chi connectivity index (χ4n) is 2.74. The van der Waals surface area contributed by atoms with Crippen LogP contribution < -0.4 is 16.0 Å². The Morgan fingerprint density at radius 1 is 1.29 bits per heavy atom. The molecule has 12 heteroatoms. The van der Waals surface area contributed by atoms with E-state index in [1.54, 1.807) is 6.92 Å². The number of anilines is 1. The molecule has 1 aromatic rings. The minimum absolute atomic E-state index is 0.000344. The van der Waals surface area contributed by atoms with Crippen LogP contribution in [0.15, 0.2) is 0 Å². The molecule has 0 saturated carbocycles. The van der Waals surface area contributed by atoms with Crippen LogP contribution in [0.2, 0.25) is 0 Å². The molecule has 1 aliphatic carbocycles. The number of aryl methyl sites for hydroxylation is 1. The Balaban J connectivity index is 2.21. The molecule has 0 radical (unpaired) electrons. The Bertz CT molecular complexity index is 755. The third-order valence-corrected chi connectivity index (χ3v) is 5.99. The van der Waals surface area contributed by atoms with Crippen LogP contribution in [-0.2, 0) is 22.4 Å². The molecule has 1 aliphatic rings. The van der Waals surface area contributed by atoms with Gasteiger partial charge in [-0.3, -0.25) is 4.79 Å². The van der Waals surface area contributed by atoms with Crippen LogP contribution in [0.5, 0.6) is 0 Å². The zero-order valence-corrected chi connectivity index (χ0v) is 18.8. The normalized spacial score (nSPS) is 14.6. The molecule has 3 N–H and O–H groups in total. The van der Waals surface area contributed by atoms with Crippen LogP contribution in [0.25, 0.3) is 0 Å². The maximum Gasteiger partial charge on any atom is 0.341 e. The van der Waals surface area contributed by atoms with Crippen molar-refractivity contribution in [2.45, 2.75) is 42.6 Å². The van der Waals surface area contributed by atoms with Crippen LogP contribution in [0, 0.1) is 0 Å². The average Bonchev–Trinajstić information content (AvgIpc) is 2.98. The molecule has 1 atom stereocenters. The molecule has 0 unspecified atom stereocenters. The van der Waals surface area contributed by atoms with Crippen LogP contribution in [0.1, 0.15) is 40.6 Å². The van der Waals surface area contributed by atoms with Gasteiger partial charge in [0, 0.05) is 4.88 Å². The average molecular weight is 491 g/mol. The lowest BCUT2D eigenvalue weighted by Crippen LogP contribution is -2.56. The largest absolute Gasteiger partial charge is 0.462 e. The molecule has 1 heterocycles. The fourth-order valence-corrected chi connectivity index (χ4v) is 4.64. The number of fused-ring (bicyclic) bond motifs is 1. The van der Waals surface area contributed by atoms with Gasteiger partial charge in [0.2, 0.25) is 3.79 Å². The maximum atomic E-state index is 12.5. The number of hydrogen-bond donors (Lipinski definition) is 3. The molecule has 0 spiro atoms. The van der Waals surface area contributed by atoms with Crippen LogP contribution >= 0.6 is 58.4 Å². The first-order valence-electron chi connectivity index (χ1n) is 8.48. The summed E-state index contributed by atoms with van der Waals surface area (Å²) in [5.41, 5.74) is 1.41. The molecule has 1 amide bonds. The molecule has 0 fully saturated rings. The Hall–Kier alpha value is -0.870. The zero-order chi connectivity index (χ0) is 20.9. The first-order valence-corrected chi connectivity index (χ1v) is 10.8. The van der Waals surface area contributed by atoms with Crippen molar-refractivity contribution in [2.75, 3.05) is 18.6 Å². The number of carbonyl (C=O) groups is 2. The third kappa shape index (κ3) is 6.06. The number of hydrogen-bond acceptors (Lipinski definition) is 5. The van der Waals surface area contributed by atoms with E-state index in [4.69, 9.17) is 51.8 Å². The van der Waals surface area contributed by atoms with Gasteiger partial charge in [-0.15, -0.1) is 11.3 Å². The number of halogens is 4. The van der Waals surface area contributed by atoms with Gasteiger partial charge in [0.15, 0.2) is 11.8 Å². The van der Waals surface area contributed by atoms with Gasteiger partial charge in [-0.05, 0) is 50.4 Å². The molecule has 0 aliphatic heterocycles. The summed E-state index contributed by atoms with van der Waals surface area (Å²) in [5.74, 6) is -1.40. The first kappa shape index (κ1) is 23.4. The van der Waals surface area contributed by atoms with Gasteiger partial charge >= 0.3 is 5.97 Å². The van der Waals surface area contributed by atoms with E-state index < -0.39 is 28.5 Å². The van der Waals surface area contributed by atoms with E-state index in [-0.39, 0.29) is 11.7 Å². The lowest BCUT2D eigenvalue weighted by Gasteiger charge is -2.27. The van der Waals surface area contributed by atoms with Crippen molar-refractivity contribution in [1.82, 2.24) is 10.6 Å². The summed E-state index contributed by atoms with van der Waals surface area (Å²) in [6.07, 6.45) is 2.41. The lowest BCUT2D eigenvalue weighted by atomic mass is 9.95. The van der Waals surface area contributed by atoms with Crippen molar-refractivity contribution >= 4 is 80.3 Å². The zero-order valence-electron chi connectivity index (χ0n) is 14.9. The van der Waals surface area contributed by atoms with Crippen molar-refractivity contribution in [3.63, 3.8) is 0 Å². The second-order valence-electron chi connectivity index (χ2n) is 5.91. The van der Waals surface area contributed by atoms with Crippen molar-refractivity contribution < 1.29 is 18.7 Å². The summed E-state index contributed by atoms with van der Waals surface area (Å²) in [6, 6.07) is 0. The van der Waals surface area contributed by atoms with E-state index in [1.807, 2.05) is 0 Å². The molecular formula is C16H19Cl3FN3O3S2. The second kappa shape index (κ2) is 10.2. The second-order valence-corrected chi connectivity index (χ2v) is 9.79. The number of esters is 1. The van der Waals surface area contributed by atoms with E-state index in [0.29, 0.717) is 10.6 Å². The van der Waals surface area contributed by atoms with E-state index in [1.165, 1.54) is 11.3 Å². The van der Waals surface area contributed by atoms with Crippen molar-refractivity contribution in [2.24, 2.45) is 0 Å². The number of nitrogens with one attached hydrogen (secondary N) is 3. The highest BCUT2D eigenvalue weighted by atomic mass is 35.6. The highest BCUT2D eigenvalue weighted by Crippen LogP contribution is 2.38. The monoisotopic (exact) mass is 489 g/mol. The van der Waals surface area contributed by atoms with Crippen LogP contribution in [-0.4, -0.2) is 40.2 Å². The molecule has 0 saturated heterocycles. The van der Waals surface area contributed by atoms with Crippen molar-refractivity contribution in [3.05, 3.63) is 16.0 Å². The van der Waals surface area contributed by atoms with Gasteiger partial charge in [-0.2, -0.15) is 0 Å². The number of rotatable bonds is 6. The fraction of sp³-hybridized carbons (Fsp3) is 0.562. The number of thiophene rings is 1. The van der Waals surface area contributed by atoms with E-state index in [9.17, 15) is 14.0 Å². The quantitative estimate of drug-likeness (QED) is 0.243. The predicted molar refractivity (Wildman–Crippen MR) is 114 cm³/mol. The number of carbonyl (C=O) groups excluding carboxylic acids is 2. The smallest absolute Gasteiger partial charge is 0.341 e. The molecule has 28 heavy (non-hydrogen) atoms. The predicted octanol–water partition coefficient (Wildman–Crippen LogP) is 3.87. The van der Waals surface area contributed by atoms with Crippen LogP contribution in [0.3, 0.4) is 0 Å². The molecule has 6 nitrogen and oxygen atoms in total. The molecule has 156 valence electrons. The highest BCUT2D eigenvalue weighted by Gasteiger charge is 2.35.